The van der Waals surface area contributed by atoms with Crippen molar-refractivity contribution in [3.63, 3.8) is 0 Å². The Labute approximate surface area is 148 Å². The van der Waals surface area contributed by atoms with Gasteiger partial charge in [-0.3, -0.25) is 9.54 Å². The van der Waals surface area contributed by atoms with Crippen LogP contribution < -0.4 is 14.4 Å². The summed E-state index contributed by atoms with van der Waals surface area (Å²) in [4.78, 5) is 6.58. The van der Waals surface area contributed by atoms with Crippen LogP contribution in [0.3, 0.4) is 0 Å². The molecule has 2 heterocycles. The van der Waals surface area contributed by atoms with Gasteiger partial charge < -0.3 is 9.64 Å². The molecule has 0 bridgehead atoms. The van der Waals surface area contributed by atoms with Crippen LogP contribution >= 0.6 is 0 Å². The Morgan fingerprint density at radius 1 is 1.44 bits per heavy atom. The maximum absolute atomic E-state index is 14.1. The zero-order valence-electron chi connectivity index (χ0n) is 14.1. The third-order valence-corrected chi connectivity index (χ3v) is 5.18. The second-order valence-electron chi connectivity index (χ2n) is 6.20. The summed E-state index contributed by atoms with van der Waals surface area (Å²) in [5.41, 5.74) is 1.70. The maximum Gasteiger partial charge on any atom is 0.231 e. The zero-order chi connectivity index (χ0) is 17.8. The predicted molar refractivity (Wildman–Crippen MR) is 96.6 cm³/mol. The molecule has 0 saturated carbocycles. The van der Waals surface area contributed by atoms with Crippen LogP contribution in [-0.4, -0.2) is 40.5 Å². The van der Waals surface area contributed by atoms with E-state index < -0.39 is 11.3 Å². The van der Waals surface area contributed by atoms with Crippen LogP contribution in [0.2, 0.25) is 0 Å². The molecule has 0 radical (unpaired) electrons. The van der Waals surface area contributed by atoms with Crippen molar-refractivity contribution in [3.8, 4) is 5.75 Å². The van der Waals surface area contributed by atoms with Crippen LogP contribution in [0.5, 0.6) is 5.75 Å². The first-order chi connectivity index (χ1) is 12.1. The van der Waals surface area contributed by atoms with Crippen LogP contribution in [0.15, 0.2) is 24.4 Å². The van der Waals surface area contributed by atoms with E-state index in [1.165, 1.54) is 13.2 Å². The molecule has 6 nitrogen and oxygen atoms in total. The van der Waals surface area contributed by atoms with E-state index >= 15 is 0 Å². The van der Waals surface area contributed by atoms with Crippen molar-refractivity contribution < 1.29 is 17.9 Å². The number of hydrogen-bond acceptors (Lipinski definition) is 4. The van der Waals surface area contributed by atoms with Gasteiger partial charge in [0.2, 0.25) is 11.3 Å². The highest BCUT2D eigenvalue weighted by molar-refractivity contribution is 7.77. The Balaban J connectivity index is 1.71. The van der Waals surface area contributed by atoms with Crippen molar-refractivity contribution in [1.82, 2.24) is 9.71 Å². The van der Waals surface area contributed by atoms with Gasteiger partial charge in [-0.05, 0) is 37.3 Å². The third-order valence-electron chi connectivity index (χ3n) is 4.73. The number of pyridine rings is 1. The molecule has 1 aliphatic heterocycles. The van der Waals surface area contributed by atoms with E-state index in [1.807, 2.05) is 6.07 Å². The van der Waals surface area contributed by atoms with Gasteiger partial charge in [0.05, 0.1) is 12.6 Å². The fourth-order valence-electron chi connectivity index (χ4n) is 3.38. The monoisotopic (exact) mass is 367 g/mol. The summed E-state index contributed by atoms with van der Waals surface area (Å²) in [6.45, 7) is 2.29. The SMILES string of the molecule is COc1cc2nccc(N3CCC(CCNS(=O)O)CC3)c2cc1F. The average Bonchev–Trinajstić information content (AvgIpc) is 2.61. The van der Waals surface area contributed by atoms with Crippen LogP contribution in [0.1, 0.15) is 19.3 Å². The predicted octanol–water partition coefficient (Wildman–Crippen LogP) is 2.72. The van der Waals surface area contributed by atoms with E-state index in [0.717, 1.165) is 43.4 Å². The highest BCUT2D eigenvalue weighted by Gasteiger charge is 2.21. The highest BCUT2D eigenvalue weighted by atomic mass is 32.2. The standard InChI is InChI=1S/C17H22FN3O3S/c1-24-17-11-15-13(10-14(17)18)16(3-6-19-15)21-8-4-12(5-9-21)2-7-20-25(22)23/h3,6,10-12,20H,2,4-5,7-9H2,1H3,(H,22,23). The Morgan fingerprint density at radius 3 is 2.88 bits per heavy atom. The summed E-state index contributed by atoms with van der Waals surface area (Å²) in [5, 5.41) is 0.789. The van der Waals surface area contributed by atoms with Crippen LogP contribution in [0.25, 0.3) is 10.9 Å². The number of halogens is 1. The Morgan fingerprint density at radius 2 is 2.20 bits per heavy atom. The van der Waals surface area contributed by atoms with Gasteiger partial charge >= 0.3 is 0 Å². The number of fused-ring (bicyclic) bond motifs is 1. The first-order valence-corrected chi connectivity index (χ1v) is 9.40. The number of methoxy groups -OCH3 is 1. The van der Waals surface area contributed by atoms with Gasteiger partial charge in [0.25, 0.3) is 0 Å². The molecule has 136 valence electrons. The lowest BCUT2D eigenvalue weighted by molar-refractivity contribution is 0.381. The molecule has 1 atom stereocenters. The molecule has 25 heavy (non-hydrogen) atoms. The largest absolute Gasteiger partial charge is 0.494 e. The van der Waals surface area contributed by atoms with E-state index in [1.54, 1.807) is 12.3 Å². The molecule has 0 spiro atoms. The molecule has 1 aliphatic rings. The van der Waals surface area contributed by atoms with Crippen molar-refractivity contribution >= 4 is 27.9 Å². The lowest BCUT2D eigenvalue weighted by Gasteiger charge is -2.34. The molecule has 1 unspecified atom stereocenters. The minimum Gasteiger partial charge on any atom is -0.494 e. The second-order valence-corrected chi connectivity index (χ2v) is 6.98. The molecule has 3 rings (SSSR count). The number of nitrogens with one attached hydrogen (secondary N) is 1. The van der Waals surface area contributed by atoms with E-state index in [4.69, 9.17) is 9.29 Å². The first-order valence-electron chi connectivity index (χ1n) is 8.30. The van der Waals surface area contributed by atoms with Crippen LogP contribution in [0, 0.1) is 11.7 Å². The van der Waals surface area contributed by atoms with E-state index in [0.29, 0.717) is 18.0 Å². The first kappa shape index (κ1) is 18.0. The van der Waals surface area contributed by atoms with Crippen LogP contribution in [-0.2, 0) is 11.3 Å². The van der Waals surface area contributed by atoms with E-state index in [2.05, 4.69) is 14.6 Å². The van der Waals surface area contributed by atoms with Gasteiger partial charge in [0.15, 0.2) is 11.6 Å². The summed E-state index contributed by atoms with van der Waals surface area (Å²) >= 11 is -1.94. The lowest BCUT2D eigenvalue weighted by Crippen LogP contribution is -2.35. The van der Waals surface area contributed by atoms with E-state index in [9.17, 15) is 8.60 Å². The summed E-state index contributed by atoms with van der Waals surface area (Å²) in [6.07, 6.45) is 4.62. The van der Waals surface area contributed by atoms with Gasteiger partial charge in [0, 0.05) is 43.0 Å². The molecule has 0 aliphatic carbocycles. The molecule has 2 N–H and O–H groups in total. The summed E-state index contributed by atoms with van der Waals surface area (Å²) in [5.74, 6) is 0.337. The molecular formula is C17H22FN3O3S. The number of benzene rings is 1. The fourth-order valence-corrected chi connectivity index (χ4v) is 3.67. The van der Waals surface area contributed by atoms with Crippen molar-refractivity contribution in [2.24, 2.45) is 5.92 Å². The number of ether oxygens (including phenoxy) is 1. The average molecular weight is 367 g/mol. The van der Waals surface area contributed by atoms with Crippen molar-refractivity contribution in [2.75, 3.05) is 31.6 Å². The van der Waals surface area contributed by atoms with Crippen LogP contribution in [0.4, 0.5) is 10.1 Å². The summed E-state index contributed by atoms with van der Waals surface area (Å²) in [7, 11) is 1.44. The number of piperidine rings is 1. The Hall–Kier alpha value is -1.77. The minimum absolute atomic E-state index is 0.199. The Bertz CT molecular complexity index is 766. The summed E-state index contributed by atoms with van der Waals surface area (Å²) < 4.78 is 41.0. The lowest BCUT2D eigenvalue weighted by atomic mass is 9.93. The van der Waals surface area contributed by atoms with Crippen molar-refractivity contribution in [3.05, 3.63) is 30.2 Å². The Kier molecular flexibility index (Phi) is 5.82. The van der Waals surface area contributed by atoms with Crippen molar-refractivity contribution in [1.29, 1.82) is 0 Å². The molecule has 1 aromatic carbocycles. The fraction of sp³-hybridized carbons (Fsp3) is 0.471. The molecule has 1 aromatic heterocycles. The molecule has 2 aromatic rings. The van der Waals surface area contributed by atoms with Gasteiger partial charge in [-0.2, -0.15) is 0 Å². The summed E-state index contributed by atoms with van der Waals surface area (Å²) in [6, 6.07) is 5.04. The number of hydrogen-bond donors (Lipinski definition) is 2. The number of nitrogens with zero attached hydrogens (tertiary/aromatic N) is 2. The molecular weight excluding hydrogens is 345 g/mol. The third kappa shape index (κ3) is 4.26. The smallest absolute Gasteiger partial charge is 0.231 e. The minimum atomic E-state index is -1.94. The van der Waals surface area contributed by atoms with Gasteiger partial charge in [-0.15, -0.1) is 0 Å². The van der Waals surface area contributed by atoms with Gasteiger partial charge in [-0.1, -0.05) is 0 Å². The van der Waals surface area contributed by atoms with Gasteiger partial charge in [-0.25, -0.2) is 13.3 Å². The molecule has 1 saturated heterocycles. The molecule has 1 fully saturated rings. The molecule has 8 heteroatoms. The zero-order valence-corrected chi connectivity index (χ0v) is 14.9. The second kappa shape index (κ2) is 8.07. The van der Waals surface area contributed by atoms with Gasteiger partial charge in [0.1, 0.15) is 0 Å². The highest BCUT2D eigenvalue weighted by Crippen LogP contribution is 2.33. The van der Waals surface area contributed by atoms with Crippen molar-refractivity contribution in [2.45, 2.75) is 19.3 Å². The number of aromatic nitrogens is 1. The molecule has 0 amide bonds. The topological polar surface area (TPSA) is 74.7 Å². The number of anilines is 1. The normalized spacial score (nSPS) is 17.0. The maximum atomic E-state index is 14.1. The van der Waals surface area contributed by atoms with E-state index in [-0.39, 0.29) is 11.6 Å². The number of rotatable bonds is 6. The quantitative estimate of drug-likeness (QED) is 0.768.